The van der Waals surface area contributed by atoms with Crippen molar-refractivity contribution < 1.29 is 13.2 Å². The van der Waals surface area contributed by atoms with E-state index in [1.807, 2.05) is 37.4 Å². The minimum atomic E-state index is -4.41. The predicted octanol–water partition coefficient (Wildman–Crippen LogP) is 4.42. The van der Waals surface area contributed by atoms with E-state index < -0.39 is 11.9 Å². The van der Waals surface area contributed by atoms with Crippen LogP contribution in [0.15, 0.2) is 48.8 Å². The molecule has 28 heavy (non-hydrogen) atoms. The van der Waals surface area contributed by atoms with E-state index in [0.717, 1.165) is 41.4 Å². The number of hydrogen-bond acceptors (Lipinski definition) is 4. The van der Waals surface area contributed by atoms with Gasteiger partial charge in [-0.15, -0.1) is 0 Å². The lowest BCUT2D eigenvalue weighted by atomic mass is 10.1. The Balaban J connectivity index is 1.49. The number of pyridine rings is 1. The smallest absolute Gasteiger partial charge is 0.293 e. The molecule has 0 atom stereocenters. The fourth-order valence-electron chi connectivity index (χ4n) is 3.28. The Bertz CT molecular complexity index is 966. The quantitative estimate of drug-likeness (QED) is 0.670. The van der Waals surface area contributed by atoms with Crippen LogP contribution in [0.3, 0.4) is 0 Å². The molecule has 0 radical (unpaired) electrons. The van der Waals surface area contributed by atoms with E-state index in [1.165, 1.54) is 17.8 Å². The molecule has 0 saturated carbocycles. The van der Waals surface area contributed by atoms with Crippen molar-refractivity contribution >= 4 is 0 Å². The van der Waals surface area contributed by atoms with Crippen molar-refractivity contribution in [3.8, 4) is 11.4 Å². The molecule has 0 saturated heterocycles. The number of alkyl halides is 3. The highest BCUT2D eigenvalue weighted by Gasteiger charge is 2.32. The third-order valence-electron chi connectivity index (χ3n) is 4.86. The van der Waals surface area contributed by atoms with E-state index >= 15 is 0 Å². The highest BCUT2D eigenvalue weighted by Crippen LogP contribution is 2.28. The first-order valence-corrected chi connectivity index (χ1v) is 9.05. The second-order valence-corrected chi connectivity index (χ2v) is 7.04. The van der Waals surface area contributed by atoms with Crippen LogP contribution in [-0.4, -0.2) is 26.4 Å². The summed E-state index contributed by atoms with van der Waals surface area (Å²) >= 11 is 0. The molecule has 0 bridgehead atoms. The average molecular weight is 384 g/mol. The second-order valence-electron chi connectivity index (χ2n) is 7.04. The highest BCUT2D eigenvalue weighted by molar-refractivity contribution is 5.55. The zero-order valence-electron chi connectivity index (χ0n) is 15.4. The summed E-state index contributed by atoms with van der Waals surface area (Å²) in [6.07, 6.45) is -0.409. The first-order chi connectivity index (χ1) is 13.4. The molecule has 0 unspecified atom stereocenters. The number of rotatable bonds is 3. The molecule has 3 heterocycles. The van der Waals surface area contributed by atoms with Gasteiger partial charge in [0.15, 0.2) is 5.82 Å². The fraction of sp³-hybridized carbons (Fsp3) is 0.286. The summed E-state index contributed by atoms with van der Waals surface area (Å²) < 4.78 is 38.0. The van der Waals surface area contributed by atoms with Gasteiger partial charge in [0.25, 0.3) is 0 Å². The minimum absolute atomic E-state index is 0.536. The van der Waals surface area contributed by atoms with Gasteiger partial charge in [0.1, 0.15) is 5.69 Å². The fourth-order valence-corrected chi connectivity index (χ4v) is 3.28. The molecule has 3 aromatic rings. The summed E-state index contributed by atoms with van der Waals surface area (Å²) in [7, 11) is 0. The summed E-state index contributed by atoms with van der Waals surface area (Å²) in [5, 5.41) is 0. The molecule has 0 N–H and O–H groups in total. The monoisotopic (exact) mass is 384 g/mol. The molecule has 4 nitrogen and oxygen atoms in total. The lowest BCUT2D eigenvalue weighted by Crippen LogP contribution is -2.31. The topological polar surface area (TPSA) is 41.9 Å². The van der Waals surface area contributed by atoms with Crippen LogP contribution >= 0.6 is 0 Å². The maximum absolute atomic E-state index is 12.7. The Morgan fingerprint density at radius 2 is 1.79 bits per heavy atom. The number of hydrogen-bond donors (Lipinski definition) is 0. The Morgan fingerprint density at radius 3 is 2.46 bits per heavy atom. The van der Waals surface area contributed by atoms with Crippen molar-refractivity contribution in [2.24, 2.45) is 0 Å². The van der Waals surface area contributed by atoms with E-state index in [0.29, 0.717) is 18.9 Å². The van der Waals surface area contributed by atoms with Crippen LogP contribution in [0.5, 0.6) is 0 Å². The SMILES string of the molecule is Cc1ccc(-c2ncc3c(n2)CN(Cc2ccc(C(F)(F)F)nc2)CC3)cc1. The third-order valence-corrected chi connectivity index (χ3v) is 4.86. The Hall–Kier alpha value is -2.80. The van der Waals surface area contributed by atoms with Gasteiger partial charge in [0.05, 0.1) is 5.69 Å². The molecule has 7 heteroatoms. The van der Waals surface area contributed by atoms with Crippen LogP contribution in [0.25, 0.3) is 11.4 Å². The number of halogens is 3. The first kappa shape index (κ1) is 18.6. The molecule has 1 aromatic carbocycles. The van der Waals surface area contributed by atoms with Crippen molar-refractivity contribution in [2.75, 3.05) is 6.54 Å². The average Bonchev–Trinajstić information content (AvgIpc) is 2.68. The van der Waals surface area contributed by atoms with E-state index in [4.69, 9.17) is 4.98 Å². The van der Waals surface area contributed by atoms with Crippen LogP contribution in [0.2, 0.25) is 0 Å². The second kappa shape index (κ2) is 7.31. The third kappa shape index (κ3) is 4.04. The summed E-state index contributed by atoms with van der Waals surface area (Å²) in [6, 6.07) is 10.6. The molecule has 144 valence electrons. The molecule has 1 aliphatic rings. The summed E-state index contributed by atoms with van der Waals surface area (Å²) in [5.74, 6) is 0.691. The first-order valence-electron chi connectivity index (χ1n) is 9.05. The van der Waals surface area contributed by atoms with E-state index in [-0.39, 0.29) is 0 Å². The Kier molecular flexibility index (Phi) is 4.85. The number of aromatic nitrogens is 3. The van der Waals surface area contributed by atoms with Crippen LogP contribution in [0.4, 0.5) is 13.2 Å². The van der Waals surface area contributed by atoms with Gasteiger partial charge >= 0.3 is 6.18 Å². The highest BCUT2D eigenvalue weighted by atomic mass is 19.4. The number of fused-ring (bicyclic) bond motifs is 1. The summed E-state index contributed by atoms with van der Waals surface area (Å²) in [4.78, 5) is 14.9. The zero-order chi connectivity index (χ0) is 19.7. The van der Waals surface area contributed by atoms with Crippen LogP contribution in [0, 0.1) is 6.92 Å². The predicted molar refractivity (Wildman–Crippen MR) is 99.3 cm³/mol. The van der Waals surface area contributed by atoms with Gasteiger partial charge in [-0.3, -0.25) is 9.88 Å². The van der Waals surface area contributed by atoms with Gasteiger partial charge in [-0.1, -0.05) is 35.9 Å². The lowest BCUT2D eigenvalue weighted by Gasteiger charge is -2.28. The number of nitrogens with zero attached hydrogens (tertiary/aromatic N) is 4. The summed E-state index contributed by atoms with van der Waals surface area (Å²) in [5.41, 5.74) is 4.13. The van der Waals surface area contributed by atoms with Gasteiger partial charge in [0, 0.05) is 37.6 Å². The maximum Gasteiger partial charge on any atom is 0.433 e. The molecule has 0 amide bonds. The molecular formula is C21H19F3N4. The zero-order valence-corrected chi connectivity index (χ0v) is 15.4. The largest absolute Gasteiger partial charge is 0.433 e. The molecule has 4 rings (SSSR count). The van der Waals surface area contributed by atoms with Crippen molar-refractivity contribution in [1.29, 1.82) is 0 Å². The van der Waals surface area contributed by atoms with Gasteiger partial charge < -0.3 is 0 Å². The molecule has 0 spiro atoms. The molecule has 0 aliphatic carbocycles. The lowest BCUT2D eigenvalue weighted by molar-refractivity contribution is -0.141. The number of benzene rings is 1. The van der Waals surface area contributed by atoms with Gasteiger partial charge in [0.2, 0.25) is 0 Å². The molecule has 2 aromatic heterocycles. The minimum Gasteiger partial charge on any atom is -0.293 e. The van der Waals surface area contributed by atoms with Crippen LogP contribution in [-0.2, 0) is 25.7 Å². The van der Waals surface area contributed by atoms with Crippen molar-refractivity contribution in [1.82, 2.24) is 19.9 Å². The standard InChI is InChI=1S/C21H19F3N4/c1-14-2-5-16(6-3-14)20-26-11-17-8-9-28(13-18(17)27-20)12-15-4-7-19(25-10-15)21(22,23)24/h2-7,10-11H,8-9,12-13H2,1H3. The Morgan fingerprint density at radius 1 is 1.00 bits per heavy atom. The van der Waals surface area contributed by atoms with E-state index in [2.05, 4.69) is 14.9 Å². The van der Waals surface area contributed by atoms with E-state index in [9.17, 15) is 13.2 Å². The van der Waals surface area contributed by atoms with Gasteiger partial charge in [-0.2, -0.15) is 13.2 Å². The molecule has 1 aliphatic heterocycles. The molecule has 0 fully saturated rings. The molecular weight excluding hydrogens is 365 g/mol. The van der Waals surface area contributed by atoms with Crippen molar-refractivity contribution in [2.45, 2.75) is 32.6 Å². The van der Waals surface area contributed by atoms with Gasteiger partial charge in [-0.05, 0) is 30.5 Å². The summed E-state index contributed by atoms with van der Waals surface area (Å²) in [6.45, 7) is 4.01. The number of aryl methyl sites for hydroxylation is 1. The van der Waals surface area contributed by atoms with E-state index in [1.54, 1.807) is 0 Å². The van der Waals surface area contributed by atoms with Crippen molar-refractivity contribution in [3.05, 3.63) is 76.9 Å². The van der Waals surface area contributed by atoms with Crippen molar-refractivity contribution in [3.63, 3.8) is 0 Å². The van der Waals surface area contributed by atoms with Crippen LogP contribution in [0.1, 0.15) is 28.1 Å². The van der Waals surface area contributed by atoms with Crippen LogP contribution < -0.4 is 0 Å². The Labute approximate surface area is 161 Å². The van der Waals surface area contributed by atoms with Gasteiger partial charge in [-0.25, -0.2) is 9.97 Å². The normalized spacial score (nSPS) is 14.7. The maximum atomic E-state index is 12.7.